The van der Waals surface area contributed by atoms with Crippen LogP contribution >= 0.6 is 0 Å². The first kappa shape index (κ1) is 9.53. The van der Waals surface area contributed by atoms with Gasteiger partial charge in [-0.05, 0) is 43.9 Å². The van der Waals surface area contributed by atoms with E-state index in [1.165, 1.54) is 16.7 Å². The molecule has 0 spiro atoms. The fraction of sp³-hybridized carbons (Fsp3) is 0.500. The van der Waals surface area contributed by atoms with Crippen LogP contribution in [-0.2, 0) is 0 Å². The molecule has 0 saturated carbocycles. The second-order valence-corrected chi connectivity index (χ2v) is 4.07. The summed E-state index contributed by atoms with van der Waals surface area (Å²) in [6.07, 6.45) is 2.07. The number of ether oxygens (including phenoxy) is 1. The van der Waals surface area contributed by atoms with Crippen molar-refractivity contribution in [2.45, 2.75) is 32.7 Å². The monoisotopic (exact) mass is 191 g/mol. The van der Waals surface area contributed by atoms with Gasteiger partial charge in [0.25, 0.3) is 0 Å². The third-order valence-corrected chi connectivity index (χ3v) is 2.94. The molecule has 0 amide bonds. The number of benzene rings is 1. The zero-order chi connectivity index (χ0) is 10.1. The molecule has 2 N–H and O–H groups in total. The molecule has 1 atom stereocenters. The van der Waals surface area contributed by atoms with Crippen LogP contribution in [-0.4, -0.2) is 6.61 Å². The van der Waals surface area contributed by atoms with Gasteiger partial charge in [-0.3, -0.25) is 0 Å². The molecule has 0 saturated heterocycles. The van der Waals surface area contributed by atoms with E-state index in [2.05, 4.69) is 26.0 Å². The lowest BCUT2D eigenvalue weighted by atomic mass is 9.98. The SMILES string of the molecule is Cc1cc2c(cc1C)[C@@H](N)CCCO2. The highest BCUT2D eigenvalue weighted by molar-refractivity contribution is 5.43. The largest absolute Gasteiger partial charge is 0.493 e. The highest BCUT2D eigenvalue weighted by atomic mass is 16.5. The van der Waals surface area contributed by atoms with E-state index >= 15 is 0 Å². The van der Waals surface area contributed by atoms with E-state index in [1.807, 2.05) is 0 Å². The van der Waals surface area contributed by atoms with Crippen molar-refractivity contribution < 1.29 is 4.74 Å². The second-order valence-electron chi connectivity index (χ2n) is 4.07. The van der Waals surface area contributed by atoms with Crippen molar-refractivity contribution in [1.82, 2.24) is 0 Å². The normalized spacial score (nSPS) is 20.9. The van der Waals surface area contributed by atoms with Gasteiger partial charge >= 0.3 is 0 Å². The average Bonchev–Trinajstić information content (AvgIpc) is 2.31. The Labute approximate surface area is 85.1 Å². The maximum Gasteiger partial charge on any atom is 0.124 e. The van der Waals surface area contributed by atoms with Crippen molar-refractivity contribution in [3.63, 3.8) is 0 Å². The Bertz CT molecular complexity index is 346. The molecule has 2 heteroatoms. The van der Waals surface area contributed by atoms with Crippen LogP contribution < -0.4 is 10.5 Å². The minimum absolute atomic E-state index is 0.145. The topological polar surface area (TPSA) is 35.2 Å². The van der Waals surface area contributed by atoms with Gasteiger partial charge in [0, 0.05) is 11.6 Å². The van der Waals surface area contributed by atoms with E-state index in [1.54, 1.807) is 0 Å². The van der Waals surface area contributed by atoms with Gasteiger partial charge in [0.15, 0.2) is 0 Å². The van der Waals surface area contributed by atoms with Crippen LogP contribution in [0.5, 0.6) is 5.75 Å². The average molecular weight is 191 g/mol. The third-order valence-electron chi connectivity index (χ3n) is 2.94. The molecule has 1 aromatic rings. The Morgan fingerprint density at radius 1 is 1.29 bits per heavy atom. The maximum absolute atomic E-state index is 6.09. The van der Waals surface area contributed by atoms with Gasteiger partial charge in [0.2, 0.25) is 0 Å². The molecule has 0 bridgehead atoms. The van der Waals surface area contributed by atoms with Crippen molar-refractivity contribution in [3.05, 3.63) is 28.8 Å². The fourth-order valence-electron chi connectivity index (χ4n) is 1.87. The quantitative estimate of drug-likeness (QED) is 0.683. The van der Waals surface area contributed by atoms with Gasteiger partial charge in [-0.1, -0.05) is 6.07 Å². The van der Waals surface area contributed by atoms with E-state index in [-0.39, 0.29) is 6.04 Å². The van der Waals surface area contributed by atoms with Crippen molar-refractivity contribution in [2.75, 3.05) is 6.61 Å². The molecular weight excluding hydrogens is 174 g/mol. The Balaban J connectivity index is 2.49. The minimum atomic E-state index is 0.145. The first-order valence-corrected chi connectivity index (χ1v) is 5.18. The van der Waals surface area contributed by atoms with Gasteiger partial charge in [0.05, 0.1) is 6.61 Å². The summed E-state index contributed by atoms with van der Waals surface area (Å²) in [7, 11) is 0. The highest BCUT2D eigenvalue weighted by Gasteiger charge is 2.16. The second kappa shape index (κ2) is 3.62. The van der Waals surface area contributed by atoms with Crippen molar-refractivity contribution in [1.29, 1.82) is 0 Å². The molecule has 76 valence electrons. The number of fused-ring (bicyclic) bond motifs is 1. The van der Waals surface area contributed by atoms with E-state index in [0.717, 1.165) is 25.2 Å². The number of nitrogens with two attached hydrogens (primary N) is 1. The molecular formula is C12H17NO. The third kappa shape index (κ3) is 1.62. The number of hydrogen-bond donors (Lipinski definition) is 1. The lowest BCUT2D eigenvalue weighted by Crippen LogP contribution is -2.09. The summed E-state index contributed by atoms with van der Waals surface area (Å²) in [6.45, 7) is 5.02. The van der Waals surface area contributed by atoms with Crippen LogP contribution in [0.3, 0.4) is 0 Å². The molecule has 1 aliphatic rings. The summed E-state index contributed by atoms with van der Waals surface area (Å²) in [6, 6.07) is 4.42. The Morgan fingerprint density at radius 3 is 2.79 bits per heavy atom. The highest BCUT2D eigenvalue weighted by Crippen LogP contribution is 2.32. The predicted octanol–water partition coefficient (Wildman–Crippen LogP) is 2.48. The van der Waals surface area contributed by atoms with E-state index in [9.17, 15) is 0 Å². The summed E-state index contributed by atoms with van der Waals surface area (Å²) >= 11 is 0. The summed E-state index contributed by atoms with van der Waals surface area (Å²) in [5, 5.41) is 0. The molecule has 0 radical (unpaired) electrons. The van der Waals surface area contributed by atoms with Gasteiger partial charge in [-0.2, -0.15) is 0 Å². The van der Waals surface area contributed by atoms with E-state index < -0.39 is 0 Å². The van der Waals surface area contributed by atoms with Gasteiger partial charge in [-0.15, -0.1) is 0 Å². The van der Waals surface area contributed by atoms with Gasteiger partial charge < -0.3 is 10.5 Å². The lowest BCUT2D eigenvalue weighted by molar-refractivity contribution is 0.316. The van der Waals surface area contributed by atoms with Crippen LogP contribution in [0.4, 0.5) is 0 Å². The van der Waals surface area contributed by atoms with Crippen LogP contribution in [0.25, 0.3) is 0 Å². The maximum atomic E-state index is 6.09. The Morgan fingerprint density at radius 2 is 2.00 bits per heavy atom. The zero-order valence-corrected chi connectivity index (χ0v) is 8.84. The summed E-state index contributed by atoms with van der Waals surface area (Å²) in [5.41, 5.74) is 9.83. The fourth-order valence-corrected chi connectivity index (χ4v) is 1.87. The molecule has 0 aliphatic carbocycles. The standard InChI is InChI=1S/C12H17NO/c1-8-6-10-11(13)4-3-5-14-12(10)7-9(8)2/h6-7,11H,3-5,13H2,1-2H3/t11-/m0/s1. The first-order chi connectivity index (χ1) is 6.68. The number of hydrogen-bond acceptors (Lipinski definition) is 2. The summed E-state index contributed by atoms with van der Waals surface area (Å²) < 4.78 is 5.67. The predicted molar refractivity (Wildman–Crippen MR) is 57.6 cm³/mol. The van der Waals surface area contributed by atoms with Gasteiger partial charge in [0.1, 0.15) is 5.75 Å². The molecule has 2 rings (SSSR count). The molecule has 0 fully saturated rings. The minimum Gasteiger partial charge on any atom is -0.493 e. The summed E-state index contributed by atoms with van der Waals surface area (Å²) in [5.74, 6) is 0.984. The summed E-state index contributed by atoms with van der Waals surface area (Å²) in [4.78, 5) is 0. The number of aryl methyl sites for hydroxylation is 2. The van der Waals surface area contributed by atoms with Crippen LogP contribution in [0.15, 0.2) is 12.1 Å². The van der Waals surface area contributed by atoms with Crippen LogP contribution in [0.1, 0.15) is 35.6 Å². The number of rotatable bonds is 0. The van der Waals surface area contributed by atoms with Crippen molar-refractivity contribution in [2.24, 2.45) is 5.73 Å². The Kier molecular flexibility index (Phi) is 2.46. The van der Waals surface area contributed by atoms with Crippen molar-refractivity contribution >= 4 is 0 Å². The Hall–Kier alpha value is -1.02. The van der Waals surface area contributed by atoms with E-state index in [4.69, 9.17) is 10.5 Å². The van der Waals surface area contributed by atoms with Gasteiger partial charge in [-0.25, -0.2) is 0 Å². The van der Waals surface area contributed by atoms with Crippen LogP contribution in [0, 0.1) is 13.8 Å². The van der Waals surface area contributed by atoms with Crippen molar-refractivity contribution in [3.8, 4) is 5.75 Å². The van der Waals surface area contributed by atoms with E-state index in [0.29, 0.717) is 0 Å². The smallest absolute Gasteiger partial charge is 0.124 e. The molecule has 14 heavy (non-hydrogen) atoms. The van der Waals surface area contributed by atoms with Crippen LogP contribution in [0.2, 0.25) is 0 Å². The zero-order valence-electron chi connectivity index (χ0n) is 8.84. The molecule has 1 aliphatic heterocycles. The molecule has 0 aromatic heterocycles. The molecule has 0 unspecified atom stereocenters. The molecule has 1 heterocycles. The molecule has 1 aromatic carbocycles. The lowest BCUT2D eigenvalue weighted by Gasteiger charge is -2.14. The molecule has 2 nitrogen and oxygen atoms in total. The first-order valence-electron chi connectivity index (χ1n) is 5.18.